The number of nitro benzene ring substituents is 1. The maximum absolute atomic E-state index is 11.2. The quantitative estimate of drug-likeness (QED) is 0.643. The molecule has 1 aliphatic heterocycles. The van der Waals surface area contributed by atoms with Crippen LogP contribution in [0.25, 0.3) is 0 Å². The molecule has 1 unspecified atom stereocenters. The van der Waals surface area contributed by atoms with Crippen LogP contribution in [0.15, 0.2) is 18.2 Å². The van der Waals surface area contributed by atoms with Gasteiger partial charge in [0.15, 0.2) is 0 Å². The highest BCUT2D eigenvalue weighted by Crippen LogP contribution is 2.28. The Morgan fingerprint density at radius 3 is 2.81 bits per heavy atom. The van der Waals surface area contributed by atoms with E-state index in [0.717, 1.165) is 31.1 Å². The summed E-state index contributed by atoms with van der Waals surface area (Å²) in [4.78, 5) is 13.3. The Morgan fingerprint density at radius 2 is 2.24 bits per heavy atom. The van der Waals surface area contributed by atoms with Crippen molar-refractivity contribution in [1.82, 2.24) is 4.90 Å². The van der Waals surface area contributed by atoms with Crippen molar-refractivity contribution in [2.45, 2.75) is 33.7 Å². The average Bonchev–Trinajstić information content (AvgIpc) is 2.89. The van der Waals surface area contributed by atoms with Gasteiger partial charge in [0, 0.05) is 25.7 Å². The molecule has 0 aliphatic carbocycles. The first-order chi connectivity index (χ1) is 10.0. The zero-order chi connectivity index (χ0) is 15.4. The zero-order valence-corrected chi connectivity index (χ0v) is 13.1. The summed E-state index contributed by atoms with van der Waals surface area (Å²) in [7, 11) is 0. The minimum absolute atomic E-state index is 0.175. The molecule has 0 aromatic heterocycles. The number of anilines is 1. The molecule has 1 aliphatic rings. The van der Waals surface area contributed by atoms with Gasteiger partial charge in [0.05, 0.1) is 4.92 Å². The third kappa shape index (κ3) is 3.94. The van der Waals surface area contributed by atoms with Crippen LogP contribution in [0.2, 0.25) is 0 Å². The number of nitrogens with zero attached hydrogens (tertiary/aromatic N) is 2. The molecule has 2 rings (SSSR count). The summed E-state index contributed by atoms with van der Waals surface area (Å²) in [5.74, 6) is 1.46. The van der Waals surface area contributed by atoms with Gasteiger partial charge in [-0.1, -0.05) is 19.9 Å². The molecule has 21 heavy (non-hydrogen) atoms. The van der Waals surface area contributed by atoms with Gasteiger partial charge in [-0.3, -0.25) is 15.0 Å². The summed E-state index contributed by atoms with van der Waals surface area (Å²) in [5, 5.41) is 14.2. The summed E-state index contributed by atoms with van der Waals surface area (Å²) >= 11 is 0. The molecule has 116 valence electrons. The number of nitro groups is 1. The SMILES string of the molecule is CCNc1ccc(CN2CCC(C(C)C)C2)cc1[N+](=O)[O-]. The standard InChI is InChI=1S/C16H25N3O2/c1-4-17-15-6-5-13(9-16(15)19(20)21)10-18-8-7-14(11-18)12(2)3/h5-6,9,12,14,17H,4,7-8,10-11H2,1-3H3. The van der Waals surface area contributed by atoms with Gasteiger partial charge in [0.2, 0.25) is 0 Å². The van der Waals surface area contributed by atoms with Gasteiger partial charge >= 0.3 is 0 Å². The smallest absolute Gasteiger partial charge is 0.292 e. The molecule has 5 nitrogen and oxygen atoms in total. The second-order valence-electron chi connectivity index (χ2n) is 6.17. The highest BCUT2D eigenvalue weighted by molar-refractivity contribution is 5.62. The maximum atomic E-state index is 11.2. The van der Waals surface area contributed by atoms with E-state index in [4.69, 9.17) is 0 Å². The summed E-state index contributed by atoms with van der Waals surface area (Å²) < 4.78 is 0. The first-order valence-corrected chi connectivity index (χ1v) is 7.74. The van der Waals surface area contributed by atoms with Crippen LogP contribution in [0.5, 0.6) is 0 Å². The van der Waals surface area contributed by atoms with Gasteiger partial charge in [0.25, 0.3) is 5.69 Å². The van der Waals surface area contributed by atoms with E-state index in [1.165, 1.54) is 6.42 Å². The summed E-state index contributed by atoms with van der Waals surface area (Å²) in [5.41, 5.74) is 1.80. The molecule has 1 N–H and O–H groups in total. The van der Waals surface area contributed by atoms with E-state index in [9.17, 15) is 10.1 Å². The van der Waals surface area contributed by atoms with Crippen LogP contribution in [0.3, 0.4) is 0 Å². The molecular formula is C16H25N3O2. The van der Waals surface area contributed by atoms with E-state index < -0.39 is 0 Å². The molecule has 1 atom stereocenters. The second-order valence-corrected chi connectivity index (χ2v) is 6.17. The van der Waals surface area contributed by atoms with Crippen molar-refractivity contribution in [3.8, 4) is 0 Å². The van der Waals surface area contributed by atoms with Crippen LogP contribution < -0.4 is 5.32 Å². The topological polar surface area (TPSA) is 58.4 Å². The molecule has 0 bridgehead atoms. The molecule has 1 aromatic carbocycles. The van der Waals surface area contributed by atoms with Gasteiger partial charge in [-0.05, 0) is 43.4 Å². The third-order valence-electron chi connectivity index (χ3n) is 4.28. The van der Waals surface area contributed by atoms with Crippen molar-refractivity contribution >= 4 is 11.4 Å². The fourth-order valence-electron chi connectivity index (χ4n) is 2.98. The van der Waals surface area contributed by atoms with Gasteiger partial charge in [-0.15, -0.1) is 0 Å². The number of nitrogens with one attached hydrogen (secondary N) is 1. The van der Waals surface area contributed by atoms with Gasteiger partial charge in [-0.25, -0.2) is 0 Å². The van der Waals surface area contributed by atoms with Crippen LogP contribution in [0.4, 0.5) is 11.4 Å². The molecule has 0 spiro atoms. The lowest BCUT2D eigenvalue weighted by Crippen LogP contribution is -2.21. The van der Waals surface area contributed by atoms with E-state index in [2.05, 4.69) is 24.1 Å². The molecule has 1 saturated heterocycles. The lowest BCUT2D eigenvalue weighted by atomic mass is 9.95. The average molecular weight is 291 g/mol. The van der Waals surface area contributed by atoms with Crippen molar-refractivity contribution in [2.24, 2.45) is 11.8 Å². The zero-order valence-electron chi connectivity index (χ0n) is 13.1. The Hall–Kier alpha value is -1.62. The molecule has 0 saturated carbocycles. The lowest BCUT2D eigenvalue weighted by Gasteiger charge is -2.18. The van der Waals surface area contributed by atoms with Gasteiger partial charge in [0.1, 0.15) is 5.69 Å². The van der Waals surface area contributed by atoms with Crippen LogP contribution >= 0.6 is 0 Å². The van der Waals surface area contributed by atoms with Crippen molar-refractivity contribution in [3.05, 3.63) is 33.9 Å². The van der Waals surface area contributed by atoms with Crippen molar-refractivity contribution < 1.29 is 4.92 Å². The monoisotopic (exact) mass is 291 g/mol. The molecule has 1 heterocycles. The van der Waals surface area contributed by atoms with E-state index in [0.29, 0.717) is 18.2 Å². The number of rotatable bonds is 6. The first-order valence-electron chi connectivity index (χ1n) is 7.74. The van der Waals surface area contributed by atoms with Gasteiger partial charge in [-0.2, -0.15) is 0 Å². The Labute approximate surface area is 126 Å². The van der Waals surface area contributed by atoms with Crippen molar-refractivity contribution in [3.63, 3.8) is 0 Å². The van der Waals surface area contributed by atoms with Gasteiger partial charge < -0.3 is 5.32 Å². The van der Waals surface area contributed by atoms with E-state index in [-0.39, 0.29) is 10.6 Å². The number of hydrogen-bond donors (Lipinski definition) is 1. The van der Waals surface area contributed by atoms with Crippen LogP contribution in [-0.4, -0.2) is 29.5 Å². The lowest BCUT2D eigenvalue weighted by molar-refractivity contribution is -0.384. The molecule has 0 radical (unpaired) electrons. The normalized spacial score (nSPS) is 19.1. The van der Waals surface area contributed by atoms with Crippen LogP contribution in [0.1, 0.15) is 32.8 Å². The molecule has 1 aromatic rings. The minimum Gasteiger partial charge on any atom is -0.380 e. The summed E-state index contributed by atoms with van der Waals surface area (Å²) in [6, 6.07) is 5.53. The van der Waals surface area contributed by atoms with Crippen LogP contribution in [0, 0.1) is 22.0 Å². The number of benzene rings is 1. The van der Waals surface area contributed by atoms with Crippen molar-refractivity contribution in [1.29, 1.82) is 0 Å². The minimum atomic E-state index is -0.303. The predicted octanol–water partition coefficient (Wildman–Crippen LogP) is 3.50. The van der Waals surface area contributed by atoms with E-state index >= 15 is 0 Å². The summed E-state index contributed by atoms with van der Waals surface area (Å²) in [6.45, 7) is 10.1. The molecular weight excluding hydrogens is 266 g/mol. The number of likely N-dealkylation sites (tertiary alicyclic amines) is 1. The predicted molar refractivity (Wildman–Crippen MR) is 85.5 cm³/mol. The highest BCUT2D eigenvalue weighted by Gasteiger charge is 2.25. The highest BCUT2D eigenvalue weighted by atomic mass is 16.6. The second kappa shape index (κ2) is 6.89. The molecule has 0 amide bonds. The maximum Gasteiger partial charge on any atom is 0.292 e. The van der Waals surface area contributed by atoms with E-state index in [1.807, 2.05) is 19.1 Å². The Morgan fingerprint density at radius 1 is 1.48 bits per heavy atom. The van der Waals surface area contributed by atoms with Crippen molar-refractivity contribution in [2.75, 3.05) is 25.0 Å². The Balaban J connectivity index is 2.07. The van der Waals surface area contributed by atoms with E-state index in [1.54, 1.807) is 6.07 Å². The third-order valence-corrected chi connectivity index (χ3v) is 4.28. The Bertz CT molecular complexity index is 502. The summed E-state index contributed by atoms with van der Waals surface area (Å²) in [6.07, 6.45) is 1.23. The first kappa shape index (κ1) is 15.8. The fourth-order valence-corrected chi connectivity index (χ4v) is 2.98. The fraction of sp³-hybridized carbons (Fsp3) is 0.625. The largest absolute Gasteiger partial charge is 0.380 e. The molecule has 5 heteroatoms. The number of hydrogen-bond acceptors (Lipinski definition) is 4. The molecule has 1 fully saturated rings. The Kier molecular flexibility index (Phi) is 5.17. The van der Waals surface area contributed by atoms with Crippen LogP contribution in [-0.2, 0) is 6.54 Å².